The predicted molar refractivity (Wildman–Crippen MR) is 172 cm³/mol. The lowest BCUT2D eigenvalue weighted by molar-refractivity contribution is 0.0708. The van der Waals surface area contributed by atoms with Gasteiger partial charge in [-0.25, -0.2) is 4.98 Å². The smallest absolute Gasteiger partial charge is 0.266 e. The van der Waals surface area contributed by atoms with Crippen molar-refractivity contribution in [3.63, 3.8) is 0 Å². The fourth-order valence-electron chi connectivity index (χ4n) is 4.99. The number of nitrogens with zero attached hydrogens (tertiary/aromatic N) is 3. The van der Waals surface area contributed by atoms with Crippen LogP contribution in [0.2, 0.25) is 10.0 Å². The Labute approximate surface area is 259 Å². The molecule has 42 heavy (non-hydrogen) atoms. The van der Waals surface area contributed by atoms with E-state index >= 15 is 0 Å². The van der Waals surface area contributed by atoms with Gasteiger partial charge in [0.05, 0.1) is 34.8 Å². The molecule has 2 aromatic carbocycles. The monoisotopic (exact) mass is 622 g/mol. The minimum atomic E-state index is -0.326. The highest BCUT2D eigenvalue weighted by molar-refractivity contribution is 7.13. The molecule has 218 valence electrons. The maximum Gasteiger partial charge on any atom is 0.266 e. The molecular weight excluding hydrogens is 591 g/mol. The zero-order chi connectivity index (χ0) is 30.0. The van der Waals surface area contributed by atoms with Gasteiger partial charge in [-0.1, -0.05) is 40.9 Å². The lowest BCUT2D eigenvalue weighted by Crippen LogP contribution is -2.51. The van der Waals surface area contributed by atoms with Crippen LogP contribution in [0.1, 0.15) is 43.7 Å². The van der Waals surface area contributed by atoms with Crippen LogP contribution in [0.15, 0.2) is 64.3 Å². The van der Waals surface area contributed by atoms with E-state index in [9.17, 15) is 9.59 Å². The first-order valence-electron chi connectivity index (χ1n) is 13.8. The van der Waals surface area contributed by atoms with E-state index in [1.807, 2.05) is 49.3 Å². The van der Waals surface area contributed by atoms with E-state index in [2.05, 4.69) is 12.2 Å². The predicted octanol–water partition coefficient (Wildman–Crippen LogP) is 7.19. The molecule has 2 aromatic heterocycles. The summed E-state index contributed by atoms with van der Waals surface area (Å²) in [6, 6.07) is 14.4. The lowest BCUT2D eigenvalue weighted by atomic mass is 10.0. The van der Waals surface area contributed by atoms with Crippen molar-refractivity contribution in [3.05, 3.63) is 91.1 Å². The number of hydrogen-bond donors (Lipinski definition) is 1. The topological polar surface area (TPSA) is 76.5 Å². The molecule has 0 spiro atoms. The van der Waals surface area contributed by atoms with E-state index in [0.29, 0.717) is 75.2 Å². The molecule has 3 heterocycles. The number of pyridine rings is 1. The van der Waals surface area contributed by atoms with E-state index in [0.717, 1.165) is 11.1 Å². The fraction of sp³-hybridized carbons (Fsp3) is 0.281. The standard InChI is InChI=1S/C32H32Cl2N4O3S/c1-5-41-29-11-10-23(34)15-28(29)38-27(14-19(2)3)24(31(39)37-13-12-35-20(4)17-37)16-25(32(38)40)30-36-26(18-42-30)21-6-8-22(33)9-7-21/h6-11,14-16,18,20,35H,5,12-13,17H2,1-4H3/t20-/m1/s1. The number of halogens is 2. The maximum atomic E-state index is 14.5. The molecule has 0 aliphatic carbocycles. The van der Waals surface area contributed by atoms with Crippen molar-refractivity contribution in [2.75, 3.05) is 26.2 Å². The van der Waals surface area contributed by atoms with Crippen LogP contribution in [0.3, 0.4) is 0 Å². The zero-order valence-corrected chi connectivity index (χ0v) is 26.2. The number of benzene rings is 2. The van der Waals surface area contributed by atoms with Crippen LogP contribution in [-0.4, -0.2) is 52.6 Å². The highest BCUT2D eigenvalue weighted by atomic mass is 35.5. The summed E-state index contributed by atoms with van der Waals surface area (Å²) in [7, 11) is 0. The largest absolute Gasteiger partial charge is 0.492 e. The van der Waals surface area contributed by atoms with Crippen molar-refractivity contribution in [1.82, 2.24) is 19.8 Å². The third-order valence-corrected chi connectivity index (χ3v) is 8.25. The molecule has 5 rings (SSSR count). The molecule has 1 atom stereocenters. The average molecular weight is 624 g/mol. The van der Waals surface area contributed by atoms with Crippen molar-refractivity contribution in [2.45, 2.75) is 33.7 Å². The normalized spacial score (nSPS) is 15.0. The second kappa shape index (κ2) is 12.8. The molecule has 0 radical (unpaired) electrons. The number of piperazine rings is 1. The van der Waals surface area contributed by atoms with Crippen molar-refractivity contribution >= 4 is 46.5 Å². The minimum absolute atomic E-state index is 0.151. The van der Waals surface area contributed by atoms with Crippen LogP contribution in [0.25, 0.3) is 33.6 Å². The molecule has 1 aliphatic rings. The number of carbonyl (C=O) groups is 1. The summed E-state index contributed by atoms with van der Waals surface area (Å²) in [4.78, 5) is 35.4. The average Bonchev–Trinajstić information content (AvgIpc) is 3.44. The van der Waals surface area contributed by atoms with E-state index < -0.39 is 0 Å². The maximum absolute atomic E-state index is 14.5. The summed E-state index contributed by atoms with van der Waals surface area (Å²) < 4.78 is 7.49. The highest BCUT2D eigenvalue weighted by Gasteiger charge is 2.28. The molecule has 10 heteroatoms. The summed E-state index contributed by atoms with van der Waals surface area (Å²) >= 11 is 13.9. The first-order chi connectivity index (χ1) is 20.2. The first kappa shape index (κ1) is 30.0. The molecular formula is C32H32Cl2N4O3S. The van der Waals surface area contributed by atoms with Gasteiger partial charge in [0.15, 0.2) is 0 Å². The van der Waals surface area contributed by atoms with Gasteiger partial charge < -0.3 is 15.0 Å². The van der Waals surface area contributed by atoms with Gasteiger partial charge in [0.1, 0.15) is 10.8 Å². The molecule has 0 unspecified atom stereocenters. The van der Waals surface area contributed by atoms with E-state index in [1.165, 1.54) is 11.3 Å². The lowest BCUT2D eigenvalue weighted by Gasteiger charge is -2.32. The highest BCUT2D eigenvalue weighted by Crippen LogP contribution is 2.33. The molecule has 7 nitrogen and oxygen atoms in total. The number of rotatable bonds is 7. The van der Waals surface area contributed by atoms with Crippen LogP contribution in [0.4, 0.5) is 0 Å². The van der Waals surface area contributed by atoms with Gasteiger partial charge in [-0.2, -0.15) is 0 Å². The van der Waals surface area contributed by atoms with Crippen molar-refractivity contribution in [2.24, 2.45) is 0 Å². The third-order valence-electron chi connectivity index (χ3n) is 6.89. The molecule has 1 N–H and O–H groups in total. The zero-order valence-electron chi connectivity index (χ0n) is 23.9. The summed E-state index contributed by atoms with van der Waals surface area (Å²) in [5.74, 6) is 0.333. The number of aromatic nitrogens is 2. The van der Waals surface area contributed by atoms with Crippen molar-refractivity contribution in [3.8, 4) is 33.3 Å². The van der Waals surface area contributed by atoms with E-state index in [-0.39, 0.29) is 17.5 Å². The number of hydrogen-bond acceptors (Lipinski definition) is 6. The Morgan fingerprint density at radius 2 is 1.88 bits per heavy atom. The van der Waals surface area contributed by atoms with Gasteiger partial charge in [0.2, 0.25) is 0 Å². The second-order valence-electron chi connectivity index (χ2n) is 10.4. The van der Waals surface area contributed by atoms with Crippen molar-refractivity contribution in [1.29, 1.82) is 0 Å². The van der Waals surface area contributed by atoms with Gasteiger partial charge in [-0.05, 0) is 70.2 Å². The number of amides is 1. The summed E-state index contributed by atoms with van der Waals surface area (Å²) in [6.07, 6.45) is 1.86. The Morgan fingerprint density at radius 1 is 1.14 bits per heavy atom. The van der Waals surface area contributed by atoms with Gasteiger partial charge in [-0.15, -0.1) is 11.3 Å². The molecule has 1 fully saturated rings. The van der Waals surface area contributed by atoms with Gasteiger partial charge >= 0.3 is 0 Å². The van der Waals surface area contributed by atoms with Crippen molar-refractivity contribution < 1.29 is 9.53 Å². The third kappa shape index (κ3) is 6.32. The summed E-state index contributed by atoms with van der Waals surface area (Å²) in [6.45, 7) is 10.0. The fourth-order valence-corrected chi connectivity index (χ4v) is 6.12. The Kier molecular flexibility index (Phi) is 9.18. The van der Waals surface area contributed by atoms with Crippen LogP contribution < -0.4 is 15.6 Å². The number of carbonyl (C=O) groups excluding carboxylic acids is 1. The molecule has 1 amide bonds. The summed E-state index contributed by atoms with van der Waals surface area (Å²) in [5, 5.41) is 6.86. The van der Waals surface area contributed by atoms with Crippen LogP contribution in [0.5, 0.6) is 5.75 Å². The molecule has 0 bridgehead atoms. The minimum Gasteiger partial charge on any atom is -0.492 e. The molecule has 4 aromatic rings. The SMILES string of the molecule is CCOc1ccc(Cl)cc1-n1c(C=C(C)C)c(C(=O)N2CCN[C@H](C)C2)cc(-c2nc(-c3ccc(Cl)cc3)cs2)c1=O. The Morgan fingerprint density at radius 3 is 2.57 bits per heavy atom. The number of ether oxygens (including phenoxy) is 1. The van der Waals surface area contributed by atoms with Gasteiger partial charge in [-0.3, -0.25) is 14.2 Å². The van der Waals surface area contributed by atoms with E-state index in [4.69, 9.17) is 32.9 Å². The Hall–Kier alpha value is -3.43. The Balaban J connectivity index is 1.79. The quantitative estimate of drug-likeness (QED) is 0.236. The number of nitrogens with one attached hydrogen (secondary N) is 1. The summed E-state index contributed by atoms with van der Waals surface area (Å²) in [5.41, 5.74) is 3.85. The van der Waals surface area contributed by atoms with Gasteiger partial charge in [0, 0.05) is 46.7 Å². The number of thiazole rings is 1. The second-order valence-corrected chi connectivity index (χ2v) is 12.1. The molecule has 0 saturated carbocycles. The van der Waals surface area contributed by atoms with Crippen LogP contribution >= 0.6 is 34.5 Å². The molecule has 1 saturated heterocycles. The van der Waals surface area contributed by atoms with Crippen LogP contribution in [-0.2, 0) is 0 Å². The van der Waals surface area contributed by atoms with E-state index in [1.54, 1.807) is 41.0 Å². The Bertz CT molecular complexity index is 1710. The number of allylic oxidation sites excluding steroid dienone is 1. The van der Waals surface area contributed by atoms with Crippen LogP contribution in [0, 0.1) is 0 Å². The van der Waals surface area contributed by atoms with Gasteiger partial charge in [0.25, 0.3) is 11.5 Å². The molecule has 1 aliphatic heterocycles. The first-order valence-corrected chi connectivity index (χ1v) is 15.4.